The largest absolute Gasteiger partial charge is 0.261 e. The first-order chi connectivity index (χ1) is 9.92. The number of aryl methyl sites for hydroxylation is 1. The quantitative estimate of drug-likeness (QED) is 0.669. The van der Waals surface area contributed by atoms with Crippen LogP contribution in [-0.2, 0) is 6.42 Å². The van der Waals surface area contributed by atoms with Crippen molar-refractivity contribution in [3.8, 4) is 11.3 Å². The second kappa shape index (κ2) is 6.63. The lowest BCUT2D eigenvalue weighted by Crippen LogP contribution is -1.92. The number of nitrogens with zero attached hydrogens (tertiary/aromatic N) is 3. The van der Waals surface area contributed by atoms with Crippen molar-refractivity contribution in [3.05, 3.63) is 60.0 Å². The minimum Gasteiger partial charge on any atom is -0.261 e. The molecule has 0 N–H and O–H groups in total. The van der Waals surface area contributed by atoms with E-state index in [0.29, 0.717) is 0 Å². The molecule has 5 heteroatoms. The van der Waals surface area contributed by atoms with Gasteiger partial charge < -0.3 is 0 Å². The number of benzene rings is 1. The minimum absolute atomic E-state index is 0.915. The van der Waals surface area contributed by atoms with Gasteiger partial charge in [0.1, 0.15) is 0 Å². The molecule has 0 aliphatic heterocycles. The Morgan fingerprint density at radius 2 is 2.00 bits per heavy atom. The van der Waals surface area contributed by atoms with Crippen molar-refractivity contribution in [1.29, 1.82) is 0 Å². The molecule has 100 valence electrons. The van der Waals surface area contributed by atoms with Gasteiger partial charge in [0.25, 0.3) is 0 Å². The van der Waals surface area contributed by atoms with Crippen molar-refractivity contribution in [3.63, 3.8) is 0 Å². The van der Waals surface area contributed by atoms with E-state index < -0.39 is 0 Å². The lowest BCUT2D eigenvalue weighted by molar-refractivity contribution is 1.01. The van der Waals surface area contributed by atoms with Crippen molar-refractivity contribution in [2.45, 2.75) is 10.8 Å². The second-order valence-electron chi connectivity index (χ2n) is 4.16. The Morgan fingerprint density at radius 3 is 2.80 bits per heavy atom. The van der Waals surface area contributed by atoms with Crippen LogP contribution in [-0.4, -0.2) is 20.7 Å². The van der Waals surface area contributed by atoms with Gasteiger partial charge >= 0.3 is 0 Å². The predicted octanol–water partition coefficient (Wildman–Crippen LogP) is 3.93. The molecule has 0 aliphatic rings. The summed E-state index contributed by atoms with van der Waals surface area (Å²) in [5, 5.41) is 2.11. The number of thiazole rings is 1. The van der Waals surface area contributed by atoms with Crippen LogP contribution in [0, 0.1) is 0 Å². The highest BCUT2D eigenvalue weighted by Gasteiger charge is 2.05. The molecule has 0 saturated heterocycles. The minimum atomic E-state index is 0.915. The van der Waals surface area contributed by atoms with Crippen molar-refractivity contribution in [1.82, 2.24) is 15.0 Å². The van der Waals surface area contributed by atoms with Gasteiger partial charge in [0.15, 0.2) is 4.34 Å². The molecule has 0 radical (unpaired) electrons. The maximum atomic E-state index is 4.66. The van der Waals surface area contributed by atoms with E-state index in [1.54, 1.807) is 35.5 Å². The third-order valence-electron chi connectivity index (χ3n) is 2.75. The van der Waals surface area contributed by atoms with Crippen molar-refractivity contribution in [2.75, 3.05) is 5.75 Å². The van der Waals surface area contributed by atoms with Gasteiger partial charge in [-0.3, -0.25) is 9.97 Å². The third kappa shape index (κ3) is 3.43. The SMILES string of the molecule is c1ccc(-c2csc(SCCc3cnccn3)n2)cc1. The highest BCUT2D eigenvalue weighted by Crippen LogP contribution is 2.28. The molecule has 2 aromatic heterocycles. The fourth-order valence-corrected chi connectivity index (χ4v) is 3.63. The molecule has 3 aromatic rings. The van der Waals surface area contributed by atoms with Gasteiger partial charge in [-0.05, 0) is 0 Å². The van der Waals surface area contributed by atoms with Crippen LogP contribution >= 0.6 is 23.1 Å². The summed E-state index contributed by atoms with van der Waals surface area (Å²) in [4.78, 5) is 13.0. The van der Waals surface area contributed by atoms with Gasteiger partial charge in [-0.15, -0.1) is 11.3 Å². The summed E-state index contributed by atoms with van der Waals surface area (Å²) in [6.07, 6.45) is 6.16. The van der Waals surface area contributed by atoms with E-state index in [1.165, 1.54) is 5.56 Å². The van der Waals surface area contributed by atoms with E-state index in [4.69, 9.17) is 0 Å². The molecule has 0 unspecified atom stereocenters. The van der Waals surface area contributed by atoms with E-state index in [-0.39, 0.29) is 0 Å². The number of hydrogen-bond donors (Lipinski definition) is 0. The summed E-state index contributed by atoms with van der Waals surface area (Å²) < 4.78 is 1.10. The fraction of sp³-hybridized carbons (Fsp3) is 0.133. The zero-order valence-electron chi connectivity index (χ0n) is 10.8. The van der Waals surface area contributed by atoms with Gasteiger partial charge in [0, 0.05) is 41.7 Å². The van der Waals surface area contributed by atoms with E-state index in [9.17, 15) is 0 Å². The van der Waals surface area contributed by atoms with Gasteiger partial charge in [0.05, 0.1) is 11.4 Å². The molecule has 0 saturated carbocycles. The lowest BCUT2D eigenvalue weighted by Gasteiger charge is -1.98. The molecule has 3 rings (SSSR count). The van der Waals surface area contributed by atoms with Gasteiger partial charge in [-0.1, -0.05) is 42.1 Å². The molecule has 0 amide bonds. The summed E-state index contributed by atoms with van der Waals surface area (Å²) in [6.45, 7) is 0. The summed E-state index contributed by atoms with van der Waals surface area (Å²) in [6, 6.07) is 10.3. The molecule has 20 heavy (non-hydrogen) atoms. The van der Waals surface area contributed by atoms with Crippen LogP contribution in [0.3, 0.4) is 0 Å². The maximum Gasteiger partial charge on any atom is 0.150 e. The van der Waals surface area contributed by atoms with Crippen LogP contribution in [0.2, 0.25) is 0 Å². The molecule has 0 aliphatic carbocycles. The molecule has 0 atom stereocenters. The monoisotopic (exact) mass is 299 g/mol. The number of thioether (sulfide) groups is 1. The van der Waals surface area contributed by atoms with Gasteiger partial charge in [0.2, 0.25) is 0 Å². The smallest absolute Gasteiger partial charge is 0.150 e. The summed E-state index contributed by atoms with van der Waals surface area (Å²) in [5.74, 6) is 0.973. The van der Waals surface area contributed by atoms with E-state index in [2.05, 4.69) is 32.5 Å². The van der Waals surface area contributed by atoms with Crippen LogP contribution in [0.1, 0.15) is 5.69 Å². The Morgan fingerprint density at radius 1 is 1.10 bits per heavy atom. The molecule has 0 spiro atoms. The first-order valence-corrected chi connectivity index (χ1v) is 8.17. The standard InChI is InChI=1S/C15H13N3S2/c1-2-4-12(5-3-1)14-11-20-15(18-14)19-9-6-13-10-16-7-8-17-13/h1-5,7-8,10-11H,6,9H2. The van der Waals surface area contributed by atoms with Crippen molar-refractivity contribution >= 4 is 23.1 Å². The average Bonchev–Trinajstić information content (AvgIpc) is 2.98. The molecule has 0 fully saturated rings. The molecular weight excluding hydrogens is 286 g/mol. The maximum absolute atomic E-state index is 4.66. The van der Waals surface area contributed by atoms with Crippen LogP contribution in [0.25, 0.3) is 11.3 Å². The summed E-state index contributed by atoms with van der Waals surface area (Å²) in [5.41, 5.74) is 3.25. The summed E-state index contributed by atoms with van der Waals surface area (Å²) >= 11 is 3.47. The molecule has 3 nitrogen and oxygen atoms in total. The first kappa shape index (κ1) is 13.3. The first-order valence-electron chi connectivity index (χ1n) is 6.30. The Kier molecular flexibility index (Phi) is 4.40. The highest BCUT2D eigenvalue weighted by molar-refractivity contribution is 8.01. The van der Waals surface area contributed by atoms with Crippen LogP contribution in [0.5, 0.6) is 0 Å². The van der Waals surface area contributed by atoms with Crippen LogP contribution in [0.15, 0.2) is 58.6 Å². The molecule has 2 heterocycles. The van der Waals surface area contributed by atoms with Gasteiger partial charge in [-0.25, -0.2) is 4.98 Å². The third-order valence-corrected chi connectivity index (χ3v) is 4.78. The fourth-order valence-electron chi connectivity index (χ4n) is 1.77. The number of aromatic nitrogens is 3. The lowest BCUT2D eigenvalue weighted by atomic mass is 10.2. The molecular formula is C15H13N3S2. The molecule has 1 aromatic carbocycles. The second-order valence-corrected chi connectivity index (χ2v) is 6.36. The topological polar surface area (TPSA) is 38.7 Å². The number of rotatable bonds is 5. The zero-order valence-corrected chi connectivity index (χ0v) is 12.4. The van der Waals surface area contributed by atoms with Crippen LogP contribution in [0.4, 0.5) is 0 Å². The Hall–Kier alpha value is -1.72. The van der Waals surface area contributed by atoms with Gasteiger partial charge in [-0.2, -0.15) is 0 Å². The predicted molar refractivity (Wildman–Crippen MR) is 84.0 cm³/mol. The van der Waals surface area contributed by atoms with E-state index in [1.807, 2.05) is 24.4 Å². The Labute approximate surface area is 126 Å². The van der Waals surface area contributed by atoms with E-state index in [0.717, 1.165) is 27.9 Å². The van der Waals surface area contributed by atoms with Crippen molar-refractivity contribution in [2.24, 2.45) is 0 Å². The summed E-state index contributed by atoms with van der Waals surface area (Å²) in [7, 11) is 0. The number of hydrogen-bond acceptors (Lipinski definition) is 5. The van der Waals surface area contributed by atoms with Crippen LogP contribution < -0.4 is 0 Å². The average molecular weight is 299 g/mol. The normalized spacial score (nSPS) is 10.6. The Bertz CT molecular complexity index is 653. The molecule has 0 bridgehead atoms. The van der Waals surface area contributed by atoms with E-state index >= 15 is 0 Å². The van der Waals surface area contributed by atoms with Crippen molar-refractivity contribution < 1.29 is 0 Å². The highest BCUT2D eigenvalue weighted by atomic mass is 32.2. The zero-order chi connectivity index (χ0) is 13.6. The Balaban J connectivity index is 1.58.